The van der Waals surface area contributed by atoms with Crippen LogP contribution in [0.15, 0.2) is 53.9 Å². The predicted octanol–water partition coefficient (Wildman–Crippen LogP) is 2.98. The molecule has 0 spiro atoms. The Hall–Kier alpha value is -2.27. The van der Waals surface area contributed by atoms with Crippen LogP contribution in [0, 0.1) is 4.77 Å². The molecule has 0 aliphatic carbocycles. The SMILES string of the molecule is S=c1[nH]ncn1/N=C/c1cccc2ccccc12. The summed E-state index contributed by atoms with van der Waals surface area (Å²) in [7, 11) is 0. The summed E-state index contributed by atoms with van der Waals surface area (Å²) in [5.41, 5.74) is 1.05. The molecule has 0 fully saturated rings. The number of aromatic amines is 1. The molecule has 0 saturated heterocycles. The molecule has 0 unspecified atom stereocenters. The second kappa shape index (κ2) is 4.54. The molecule has 4 nitrogen and oxygen atoms in total. The van der Waals surface area contributed by atoms with Crippen molar-refractivity contribution in [2.45, 2.75) is 0 Å². The molecule has 0 radical (unpaired) electrons. The Morgan fingerprint density at radius 2 is 2.00 bits per heavy atom. The number of H-pyrrole nitrogens is 1. The van der Waals surface area contributed by atoms with Gasteiger partial charge >= 0.3 is 0 Å². The van der Waals surface area contributed by atoms with E-state index in [0.717, 1.165) is 5.56 Å². The van der Waals surface area contributed by atoms with E-state index in [9.17, 15) is 0 Å². The van der Waals surface area contributed by atoms with Crippen molar-refractivity contribution in [3.05, 3.63) is 59.1 Å². The fourth-order valence-electron chi connectivity index (χ4n) is 1.81. The molecule has 5 heteroatoms. The lowest BCUT2D eigenvalue weighted by Crippen LogP contribution is -1.90. The van der Waals surface area contributed by atoms with Gasteiger partial charge in [-0.25, -0.2) is 0 Å². The van der Waals surface area contributed by atoms with E-state index in [1.807, 2.05) is 24.3 Å². The van der Waals surface area contributed by atoms with Gasteiger partial charge in [0, 0.05) is 5.56 Å². The van der Waals surface area contributed by atoms with Crippen molar-refractivity contribution in [2.75, 3.05) is 0 Å². The third-order valence-corrected chi connectivity index (χ3v) is 2.96. The van der Waals surface area contributed by atoms with E-state index < -0.39 is 0 Å². The summed E-state index contributed by atoms with van der Waals surface area (Å²) < 4.78 is 2.00. The Morgan fingerprint density at radius 3 is 2.83 bits per heavy atom. The molecule has 0 bridgehead atoms. The molecule has 0 atom stereocenters. The van der Waals surface area contributed by atoms with Crippen LogP contribution >= 0.6 is 12.2 Å². The van der Waals surface area contributed by atoms with Crippen molar-refractivity contribution in [1.82, 2.24) is 14.9 Å². The van der Waals surface area contributed by atoms with Gasteiger partial charge in [0.05, 0.1) is 6.21 Å². The van der Waals surface area contributed by atoms with E-state index in [0.29, 0.717) is 4.77 Å². The van der Waals surface area contributed by atoms with Crippen molar-refractivity contribution in [3.8, 4) is 0 Å². The van der Waals surface area contributed by atoms with E-state index in [1.165, 1.54) is 15.4 Å². The van der Waals surface area contributed by atoms with Gasteiger partial charge in [0.15, 0.2) is 0 Å². The van der Waals surface area contributed by atoms with Crippen LogP contribution in [-0.4, -0.2) is 21.1 Å². The average molecular weight is 254 g/mol. The van der Waals surface area contributed by atoms with Crippen LogP contribution in [0.4, 0.5) is 0 Å². The molecule has 18 heavy (non-hydrogen) atoms. The maximum atomic E-state index is 5.03. The van der Waals surface area contributed by atoms with Crippen molar-refractivity contribution >= 4 is 29.2 Å². The van der Waals surface area contributed by atoms with Crippen molar-refractivity contribution < 1.29 is 0 Å². The summed E-state index contributed by atoms with van der Waals surface area (Å²) in [6, 6.07) is 14.3. The highest BCUT2D eigenvalue weighted by Gasteiger charge is 1.97. The fourth-order valence-corrected chi connectivity index (χ4v) is 1.96. The van der Waals surface area contributed by atoms with Crippen molar-refractivity contribution in [3.63, 3.8) is 0 Å². The number of hydrogen-bond acceptors (Lipinski definition) is 3. The number of fused-ring (bicyclic) bond motifs is 1. The van der Waals surface area contributed by atoms with Crippen LogP contribution < -0.4 is 0 Å². The zero-order chi connectivity index (χ0) is 12.4. The summed E-state index contributed by atoms with van der Waals surface area (Å²) >= 11 is 5.03. The first-order chi connectivity index (χ1) is 8.84. The van der Waals surface area contributed by atoms with Gasteiger partial charge in [0.2, 0.25) is 4.77 Å². The van der Waals surface area contributed by atoms with Crippen LogP contribution in [0.5, 0.6) is 0 Å². The minimum atomic E-state index is 0.478. The highest BCUT2D eigenvalue weighted by atomic mass is 32.1. The first-order valence-electron chi connectivity index (χ1n) is 5.49. The standard InChI is InChI=1S/C13H10N4S/c18-13-16-14-9-17(13)15-8-11-6-3-5-10-4-1-2-7-12(10)11/h1-9H,(H,16,18)/b15-8+. The highest BCUT2D eigenvalue weighted by molar-refractivity contribution is 7.71. The first kappa shape index (κ1) is 10.9. The molecule has 0 amide bonds. The molecule has 2 aromatic carbocycles. The molecule has 3 rings (SSSR count). The largest absolute Gasteiger partial charge is 0.250 e. The molecule has 0 aliphatic rings. The number of aromatic nitrogens is 3. The maximum absolute atomic E-state index is 5.03. The second-order valence-corrected chi connectivity index (χ2v) is 4.21. The Labute approximate surface area is 109 Å². The minimum absolute atomic E-state index is 0.478. The molecule has 0 aliphatic heterocycles. The zero-order valence-electron chi connectivity index (χ0n) is 9.45. The summed E-state index contributed by atoms with van der Waals surface area (Å²) in [4.78, 5) is 0. The summed E-state index contributed by atoms with van der Waals surface area (Å²) in [6.45, 7) is 0. The molecule has 1 aromatic heterocycles. The average Bonchev–Trinajstić information content (AvgIpc) is 2.82. The van der Waals surface area contributed by atoms with E-state index in [1.54, 1.807) is 12.5 Å². The summed E-state index contributed by atoms with van der Waals surface area (Å²) in [6.07, 6.45) is 3.33. The minimum Gasteiger partial charge on any atom is -0.250 e. The number of hydrogen-bond donors (Lipinski definition) is 1. The second-order valence-electron chi connectivity index (χ2n) is 3.82. The van der Waals surface area contributed by atoms with Gasteiger partial charge in [0.25, 0.3) is 0 Å². The number of rotatable bonds is 2. The highest BCUT2D eigenvalue weighted by Crippen LogP contribution is 2.16. The van der Waals surface area contributed by atoms with Crippen LogP contribution in [0.1, 0.15) is 5.56 Å². The molecule has 88 valence electrons. The lowest BCUT2D eigenvalue weighted by atomic mass is 10.1. The van der Waals surface area contributed by atoms with Gasteiger partial charge in [-0.2, -0.15) is 14.9 Å². The fraction of sp³-hybridized carbons (Fsp3) is 0. The quantitative estimate of drug-likeness (QED) is 0.564. The number of nitrogens with one attached hydrogen (secondary N) is 1. The maximum Gasteiger partial charge on any atom is 0.216 e. The Kier molecular flexibility index (Phi) is 2.74. The van der Waals surface area contributed by atoms with Crippen LogP contribution in [0.25, 0.3) is 10.8 Å². The third kappa shape index (κ3) is 1.96. The van der Waals surface area contributed by atoms with Crippen molar-refractivity contribution in [1.29, 1.82) is 0 Å². The zero-order valence-corrected chi connectivity index (χ0v) is 10.3. The van der Waals surface area contributed by atoms with E-state index >= 15 is 0 Å². The van der Waals surface area contributed by atoms with Crippen LogP contribution in [0.3, 0.4) is 0 Å². The smallest absolute Gasteiger partial charge is 0.216 e. The van der Waals surface area contributed by atoms with Gasteiger partial charge in [-0.3, -0.25) is 5.10 Å². The summed E-state index contributed by atoms with van der Waals surface area (Å²) in [5.74, 6) is 0. The summed E-state index contributed by atoms with van der Waals surface area (Å²) in [5, 5.41) is 13.1. The molecule has 3 aromatic rings. The van der Waals surface area contributed by atoms with Gasteiger partial charge in [-0.05, 0) is 23.0 Å². The predicted molar refractivity (Wildman–Crippen MR) is 74.4 cm³/mol. The van der Waals surface area contributed by atoms with Gasteiger partial charge in [0.1, 0.15) is 6.33 Å². The van der Waals surface area contributed by atoms with Crippen LogP contribution in [0.2, 0.25) is 0 Å². The normalized spacial score (nSPS) is 11.3. The lowest BCUT2D eigenvalue weighted by molar-refractivity contribution is 0.863. The van der Waals surface area contributed by atoms with Gasteiger partial charge in [-0.15, -0.1) is 0 Å². The molecule has 1 heterocycles. The number of nitrogens with zero attached hydrogens (tertiary/aromatic N) is 3. The third-order valence-electron chi connectivity index (χ3n) is 2.68. The van der Waals surface area contributed by atoms with E-state index in [4.69, 9.17) is 12.2 Å². The topological polar surface area (TPSA) is 46.0 Å². The molecule has 0 saturated carbocycles. The molecule has 1 N–H and O–H groups in total. The van der Waals surface area contributed by atoms with Gasteiger partial charge < -0.3 is 0 Å². The Balaban J connectivity index is 2.08. The van der Waals surface area contributed by atoms with E-state index in [-0.39, 0.29) is 0 Å². The van der Waals surface area contributed by atoms with Gasteiger partial charge in [-0.1, -0.05) is 42.5 Å². The van der Waals surface area contributed by atoms with Crippen molar-refractivity contribution in [2.24, 2.45) is 5.10 Å². The number of benzene rings is 2. The first-order valence-corrected chi connectivity index (χ1v) is 5.89. The molecular formula is C13H10N4S. The molecular weight excluding hydrogens is 244 g/mol. The van der Waals surface area contributed by atoms with Crippen LogP contribution in [-0.2, 0) is 0 Å². The monoisotopic (exact) mass is 254 g/mol. The van der Waals surface area contributed by atoms with E-state index in [2.05, 4.69) is 33.5 Å². The Bertz CT molecular complexity index is 764. The lowest BCUT2D eigenvalue weighted by Gasteiger charge is -2.00. The Morgan fingerprint density at radius 1 is 1.17 bits per heavy atom.